The van der Waals surface area contributed by atoms with Gasteiger partial charge in [-0.3, -0.25) is 0 Å². The van der Waals surface area contributed by atoms with Gasteiger partial charge in [-0.05, 0) is 48.6 Å². The normalized spacial score (nSPS) is 17.4. The van der Waals surface area contributed by atoms with Crippen LogP contribution in [0.2, 0.25) is 0 Å². The van der Waals surface area contributed by atoms with E-state index >= 15 is 0 Å². The largest absolute Gasteiger partial charge is 0.376 e. The van der Waals surface area contributed by atoms with Crippen LogP contribution in [0.4, 0.5) is 10.1 Å². The maximum absolute atomic E-state index is 14.1. The highest BCUT2D eigenvalue weighted by Crippen LogP contribution is 2.32. The first kappa shape index (κ1) is 13.6. The number of nitriles is 1. The molecule has 2 aromatic carbocycles. The molecular weight excluding hydrogens is 263 g/mol. The van der Waals surface area contributed by atoms with Crippen LogP contribution < -0.4 is 5.32 Å². The Kier molecular flexibility index (Phi) is 3.87. The van der Waals surface area contributed by atoms with Crippen LogP contribution in [0.5, 0.6) is 0 Å². The van der Waals surface area contributed by atoms with Gasteiger partial charge in [0.05, 0.1) is 23.4 Å². The number of fused-ring (bicyclic) bond motifs is 1. The van der Waals surface area contributed by atoms with Gasteiger partial charge in [-0.1, -0.05) is 30.7 Å². The number of hydrogen-bond acceptors (Lipinski definition) is 2. The third-order valence-corrected chi connectivity index (χ3v) is 4.05. The number of rotatable bonds is 2. The molecule has 0 fully saturated rings. The van der Waals surface area contributed by atoms with E-state index in [1.807, 2.05) is 12.1 Å². The molecule has 1 N–H and O–H groups in total. The standard InChI is InChI=1S/C18H17FN2/c19-16-11-13(12-20)9-10-18(16)21-17-8-4-2-6-14-5-1-3-7-15(14)17/h1,3,5,7,9-11,17,21H,2,4,6,8H2. The van der Waals surface area contributed by atoms with Gasteiger partial charge in [-0.15, -0.1) is 0 Å². The predicted molar refractivity (Wildman–Crippen MR) is 81.5 cm³/mol. The minimum atomic E-state index is -0.365. The summed E-state index contributed by atoms with van der Waals surface area (Å²) in [6.07, 6.45) is 4.38. The quantitative estimate of drug-likeness (QED) is 0.817. The van der Waals surface area contributed by atoms with Crippen molar-refractivity contribution in [2.45, 2.75) is 31.7 Å². The molecule has 0 amide bonds. The molecule has 2 aromatic rings. The van der Waals surface area contributed by atoms with E-state index in [1.165, 1.54) is 23.6 Å². The number of anilines is 1. The molecule has 0 aromatic heterocycles. The smallest absolute Gasteiger partial charge is 0.147 e. The molecule has 1 aliphatic carbocycles. The zero-order valence-electron chi connectivity index (χ0n) is 11.8. The van der Waals surface area contributed by atoms with Gasteiger partial charge in [0, 0.05) is 0 Å². The number of aryl methyl sites for hydroxylation is 1. The number of hydrogen-bond donors (Lipinski definition) is 1. The SMILES string of the molecule is N#Cc1ccc(NC2CCCCc3ccccc32)c(F)c1. The van der Waals surface area contributed by atoms with Crippen molar-refractivity contribution in [1.29, 1.82) is 5.26 Å². The van der Waals surface area contributed by atoms with Gasteiger partial charge in [0.15, 0.2) is 0 Å². The van der Waals surface area contributed by atoms with E-state index in [0.717, 1.165) is 19.3 Å². The Morgan fingerprint density at radius 3 is 2.81 bits per heavy atom. The molecule has 0 saturated heterocycles. The molecule has 0 aliphatic heterocycles. The van der Waals surface area contributed by atoms with Crippen molar-refractivity contribution in [2.75, 3.05) is 5.32 Å². The Bertz CT molecular complexity index is 688. The molecule has 1 atom stereocenters. The van der Waals surface area contributed by atoms with Crippen molar-refractivity contribution >= 4 is 5.69 Å². The van der Waals surface area contributed by atoms with Crippen LogP contribution in [-0.2, 0) is 6.42 Å². The lowest BCUT2D eigenvalue weighted by Crippen LogP contribution is -2.12. The highest BCUT2D eigenvalue weighted by Gasteiger charge is 2.19. The first-order chi connectivity index (χ1) is 10.3. The lowest BCUT2D eigenvalue weighted by atomic mass is 9.99. The Morgan fingerprint density at radius 1 is 1.14 bits per heavy atom. The molecule has 0 heterocycles. The van der Waals surface area contributed by atoms with Gasteiger partial charge in [0.25, 0.3) is 0 Å². The molecular formula is C18H17FN2. The fourth-order valence-corrected chi connectivity index (χ4v) is 2.96. The van der Waals surface area contributed by atoms with Crippen LogP contribution in [-0.4, -0.2) is 0 Å². The van der Waals surface area contributed by atoms with Gasteiger partial charge in [0.1, 0.15) is 5.82 Å². The van der Waals surface area contributed by atoms with Gasteiger partial charge in [0.2, 0.25) is 0 Å². The molecule has 106 valence electrons. The van der Waals surface area contributed by atoms with E-state index in [1.54, 1.807) is 12.1 Å². The van der Waals surface area contributed by atoms with Crippen LogP contribution in [0, 0.1) is 17.1 Å². The van der Waals surface area contributed by atoms with Crippen LogP contribution in [0.15, 0.2) is 42.5 Å². The van der Waals surface area contributed by atoms with Gasteiger partial charge >= 0.3 is 0 Å². The first-order valence-electron chi connectivity index (χ1n) is 7.32. The van der Waals surface area contributed by atoms with E-state index in [0.29, 0.717) is 11.3 Å². The number of nitrogens with zero attached hydrogens (tertiary/aromatic N) is 1. The average Bonchev–Trinajstić information content (AvgIpc) is 2.72. The summed E-state index contributed by atoms with van der Waals surface area (Å²) in [5.41, 5.74) is 3.43. The monoisotopic (exact) mass is 280 g/mol. The molecule has 3 rings (SSSR count). The van der Waals surface area contributed by atoms with Gasteiger partial charge in [-0.25, -0.2) is 4.39 Å². The van der Waals surface area contributed by atoms with Crippen LogP contribution in [0.25, 0.3) is 0 Å². The topological polar surface area (TPSA) is 35.8 Å². The summed E-state index contributed by atoms with van der Waals surface area (Å²) in [5, 5.41) is 12.1. The Morgan fingerprint density at radius 2 is 2.00 bits per heavy atom. The van der Waals surface area contributed by atoms with Crippen LogP contribution in [0.3, 0.4) is 0 Å². The Hall–Kier alpha value is -2.34. The summed E-state index contributed by atoms with van der Waals surface area (Å²) in [5.74, 6) is -0.365. The minimum Gasteiger partial charge on any atom is -0.376 e. The zero-order chi connectivity index (χ0) is 14.7. The van der Waals surface area contributed by atoms with E-state index < -0.39 is 0 Å². The molecule has 3 heteroatoms. The van der Waals surface area contributed by atoms with Crippen molar-refractivity contribution in [3.05, 3.63) is 65.0 Å². The highest BCUT2D eigenvalue weighted by molar-refractivity contribution is 5.51. The molecule has 0 radical (unpaired) electrons. The molecule has 21 heavy (non-hydrogen) atoms. The predicted octanol–water partition coefficient (Wildman–Crippen LogP) is 4.58. The van der Waals surface area contributed by atoms with Crippen molar-refractivity contribution in [3.8, 4) is 6.07 Å². The second-order valence-corrected chi connectivity index (χ2v) is 5.45. The van der Waals surface area contributed by atoms with Crippen molar-refractivity contribution in [1.82, 2.24) is 0 Å². The third kappa shape index (κ3) is 2.90. The minimum absolute atomic E-state index is 0.131. The molecule has 1 aliphatic rings. The van der Waals surface area contributed by atoms with Crippen molar-refractivity contribution in [3.63, 3.8) is 0 Å². The number of nitrogens with one attached hydrogen (secondary N) is 1. The van der Waals surface area contributed by atoms with E-state index in [2.05, 4.69) is 23.5 Å². The van der Waals surface area contributed by atoms with Crippen molar-refractivity contribution in [2.24, 2.45) is 0 Å². The maximum atomic E-state index is 14.1. The van der Waals surface area contributed by atoms with E-state index in [9.17, 15) is 4.39 Å². The van der Waals surface area contributed by atoms with Crippen LogP contribution >= 0.6 is 0 Å². The number of benzene rings is 2. The first-order valence-corrected chi connectivity index (χ1v) is 7.32. The summed E-state index contributed by atoms with van der Waals surface area (Å²) in [6.45, 7) is 0. The second kappa shape index (κ2) is 5.97. The second-order valence-electron chi connectivity index (χ2n) is 5.45. The molecule has 2 nitrogen and oxygen atoms in total. The zero-order valence-corrected chi connectivity index (χ0v) is 11.8. The summed E-state index contributed by atoms with van der Waals surface area (Å²) < 4.78 is 14.1. The summed E-state index contributed by atoms with van der Waals surface area (Å²) in [4.78, 5) is 0. The van der Waals surface area contributed by atoms with E-state index in [4.69, 9.17) is 5.26 Å². The third-order valence-electron chi connectivity index (χ3n) is 4.05. The molecule has 1 unspecified atom stereocenters. The van der Waals surface area contributed by atoms with E-state index in [-0.39, 0.29) is 11.9 Å². The summed E-state index contributed by atoms with van der Waals surface area (Å²) in [7, 11) is 0. The number of halogens is 1. The fraction of sp³-hybridized carbons (Fsp3) is 0.278. The van der Waals surface area contributed by atoms with Crippen LogP contribution in [0.1, 0.15) is 42.0 Å². The highest BCUT2D eigenvalue weighted by atomic mass is 19.1. The summed E-state index contributed by atoms with van der Waals surface area (Å²) in [6, 6.07) is 15.0. The lowest BCUT2D eigenvalue weighted by molar-refractivity contribution is 0.612. The van der Waals surface area contributed by atoms with Gasteiger partial charge < -0.3 is 5.32 Å². The van der Waals surface area contributed by atoms with Crippen molar-refractivity contribution < 1.29 is 4.39 Å². The molecule has 0 saturated carbocycles. The molecule has 0 bridgehead atoms. The fourth-order valence-electron chi connectivity index (χ4n) is 2.96. The molecule has 0 spiro atoms. The Balaban J connectivity index is 1.90. The average molecular weight is 280 g/mol. The lowest BCUT2D eigenvalue weighted by Gasteiger charge is -2.21. The Labute approximate surface area is 124 Å². The van der Waals surface area contributed by atoms with Gasteiger partial charge in [-0.2, -0.15) is 5.26 Å². The summed E-state index contributed by atoms with van der Waals surface area (Å²) >= 11 is 0. The maximum Gasteiger partial charge on any atom is 0.147 e.